The molecule has 0 saturated heterocycles. The van der Waals surface area contributed by atoms with Crippen LogP contribution in [0.5, 0.6) is 0 Å². The number of aromatic carboxylic acids is 1. The summed E-state index contributed by atoms with van der Waals surface area (Å²) in [5.74, 6) is -1.45. The number of hydrogen-bond donors (Lipinski definition) is 2. The molecule has 0 bridgehead atoms. The van der Waals surface area contributed by atoms with E-state index in [0.717, 1.165) is 17.3 Å². The maximum atomic E-state index is 11.8. The number of aromatic nitrogens is 2. The van der Waals surface area contributed by atoms with E-state index in [1.807, 2.05) is 0 Å². The summed E-state index contributed by atoms with van der Waals surface area (Å²) >= 11 is 0.936. The number of carboxylic acid groups (broad SMARTS) is 1. The van der Waals surface area contributed by atoms with Gasteiger partial charge in [0.25, 0.3) is 5.91 Å². The van der Waals surface area contributed by atoms with E-state index in [1.54, 1.807) is 13.0 Å². The van der Waals surface area contributed by atoms with Crippen LogP contribution in [0.4, 0.5) is 5.69 Å². The third kappa shape index (κ3) is 2.51. The van der Waals surface area contributed by atoms with Crippen molar-refractivity contribution in [2.75, 3.05) is 5.32 Å². The molecule has 0 radical (unpaired) electrons. The molecule has 0 spiro atoms. The minimum absolute atomic E-state index is 0.118. The van der Waals surface area contributed by atoms with Crippen molar-refractivity contribution >= 4 is 29.3 Å². The number of amides is 1. The van der Waals surface area contributed by atoms with Crippen LogP contribution >= 0.6 is 11.7 Å². The molecule has 0 aliphatic heterocycles. The van der Waals surface area contributed by atoms with Crippen LogP contribution in [0.1, 0.15) is 26.4 Å². The Morgan fingerprint density at radius 1 is 1.39 bits per heavy atom. The van der Waals surface area contributed by atoms with Crippen molar-refractivity contribution in [3.8, 4) is 0 Å². The van der Waals surface area contributed by atoms with Crippen molar-refractivity contribution in [3.63, 3.8) is 0 Å². The molecule has 0 aliphatic rings. The van der Waals surface area contributed by atoms with Gasteiger partial charge in [0.15, 0.2) is 5.69 Å². The number of anilines is 1. The Morgan fingerprint density at radius 2 is 2.17 bits per heavy atom. The molecule has 1 aromatic heterocycles. The molecule has 6 nitrogen and oxygen atoms in total. The molecule has 2 rings (SSSR count). The Hall–Kier alpha value is -2.28. The number of nitrogens with one attached hydrogen (secondary N) is 1. The first kappa shape index (κ1) is 12.2. The summed E-state index contributed by atoms with van der Waals surface area (Å²) in [5.41, 5.74) is 1.55. The molecular formula is C11H9N3O3S. The molecule has 2 N–H and O–H groups in total. The molecule has 92 valence electrons. The second kappa shape index (κ2) is 4.92. The molecule has 1 aromatic carbocycles. The summed E-state index contributed by atoms with van der Waals surface area (Å²) in [5, 5.41) is 11.5. The highest BCUT2D eigenvalue weighted by atomic mass is 32.1. The maximum Gasteiger partial charge on any atom is 0.335 e. The van der Waals surface area contributed by atoms with E-state index in [9.17, 15) is 9.59 Å². The Kier molecular flexibility index (Phi) is 3.33. The van der Waals surface area contributed by atoms with Gasteiger partial charge in [0, 0.05) is 5.69 Å². The predicted molar refractivity (Wildman–Crippen MR) is 66.0 cm³/mol. The SMILES string of the molecule is Cc1ccc(C(=O)O)cc1NC(=O)c1cnsn1. The number of rotatable bonds is 3. The van der Waals surface area contributed by atoms with Crippen molar-refractivity contribution in [2.24, 2.45) is 0 Å². The molecule has 0 fully saturated rings. The molecule has 0 unspecified atom stereocenters. The smallest absolute Gasteiger partial charge is 0.335 e. The Labute approximate surface area is 107 Å². The lowest BCUT2D eigenvalue weighted by Gasteiger charge is -2.07. The van der Waals surface area contributed by atoms with E-state index in [4.69, 9.17) is 5.11 Å². The van der Waals surface area contributed by atoms with Gasteiger partial charge in [-0.05, 0) is 24.6 Å². The van der Waals surface area contributed by atoms with Gasteiger partial charge in [-0.2, -0.15) is 8.75 Å². The van der Waals surface area contributed by atoms with Gasteiger partial charge in [0.2, 0.25) is 0 Å². The zero-order valence-corrected chi connectivity index (χ0v) is 10.2. The molecule has 0 atom stereocenters. The molecule has 0 aliphatic carbocycles. The lowest BCUT2D eigenvalue weighted by molar-refractivity contribution is 0.0696. The lowest BCUT2D eigenvalue weighted by atomic mass is 10.1. The molecule has 7 heteroatoms. The minimum atomic E-state index is -1.04. The van der Waals surface area contributed by atoms with Crippen molar-refractivity contribution in [3.05, 3.63) is 41.2 Å². The maximum absolute atomic E-state index is 11.8. The molecular weight excluding hydrogens is 254 g/mol. The van der Waals surface area contributed by atoms with Crippen LogP contribution in [0.3, 0.4) is 0 Å². The van der Waals surface area contributed by atoms with Gasteiger partial charge in [0.05, 0.1) is 23.5 Å². The van der Waals surface area contributed by atoms with Crippen LogP contribution in [0.25, 0.3) is 0 Å². The Bertz CT molecular complexity index is 596. The van der Waals surface area contributed by atoms with E-state index in [2.05, 4.69) is 14.1 Å². The van der Waals surface area contributed by atoms with Crippen LogP contribution in [0.2, 0.25) is 0 Å². The summed E-state index contributed by atoms with van der Waals surface area (Å²) in [7, 11) is 0. The van der Waals surface area contributed by atoms with Crippen molar-refractivity contribution in [1.82, 2.24) is 8.75 Å². The lowest BCUT2D eigenvalue weighted by Crippen LogP contribution is -2.13. The fraction of sp³-hybridized carbons (Fsp3) is 0.0909. The molecule has 18 heavy (non-hydrogen) atoms. The van der Waals surface area contributed by atoms with Gasteiger partial charge in [-0.1, -0.05) is 6.07 Å². The first-order valence-corrected chi connectivity index (χ1v) is 5.74. The highest BCUT2D eigenvalue weighted by molar-refractivity contribution is 6.99. The van der Waals surface area contributed by atoms with E-state index >= 15 is 0 Å². The highest BCUT2D eigenvalue weighted by Gasteiger charge is 2.12. The highest BCUT2D eigenvalue weighted by Crippen LogP contribution is 2.17. The number of hydrogen-bond acceptors (Lipinski definition) is 5. The van der Waals surface area contributed by atoms with E-state index in [-0.39, 0.29) is 11.3 Å². The van der Waals surface area contributed by atoms with Gasteiger partial charge in [0.1, 0.15) is 0 Å². The molecule has 1 heterocycles. The zero-order valence-electron chi connectivity index (χ0n) is 9.38. The van der Waals surface area contributed by atoms with Crippen molar-refractivity contribution in [1.29, 1.82) is 0 Å². The van der Waals surface area contributed by atoms with E-state index in [1.165, 1.54) is 18.3 Å². The second-order valence-corrected chi connectivity index (χ2v) is 4.14. The fourth-order valence-corrected chi connectivity index (χ4v) is 1.75. The summed E-state index contributed by atoms with van der Waals surface area (Å²) in [6.07, 6.45) is 1.36. The van der Waals surface area contributed by atoms with Crippen LogP contribution in [0, 0.1) is 6.92 Å². The second-order valence-electron chi connectivity index (χ2n) is 3.58. The van der Waals surface area contributed by atoms with Gasteiger partial charge >= 0.3 is 5.97 Å². The summed E-state index contributed by atoms with van der Waals surface area (Å²) in [4.78, 5) is 22.6. The quantitative estimate of drug-likeness (QED) is 0.880. The minimum Gasteiger partial charge on any atom is -0.478 e. The number of carbonyl (C=O) groups is 2. The monoisotopic (exact) mass is 263 g/mol. The van der Waals surface area contributed by atoms with E-state index in [0.29, 0.717) is 5.69 Å². The summed E-state index contributed by atoms with van der Waals surface area (Å²) in [6.45, 7) is 1.78. The van der Waals surface area contributed by atoms with Gasteiger partial charge < -0.3 is 10.4 Å². The molecule has 1 amide bonds. The summed E-state index contributed by atoms with van der Waals surface area (Å²) in [6, 6.07) is 4.53. The van der Waals surface area contributed by atoms with Crippen molar-refractivity contribution < 1.29 is 14.7 Å². The van der Waals surface area contributed by atoms with Crippen LogP contribution in [-0.2, 0) is 0 Å². The van der Waals surface area contributed by atoms with Gasteiger partial charge in [-0.15, -0.1) is 0 Å². The van der Waals surface area contributed by atoms with Crippen LogP contribution < -0.4 is 5.32 Å². The van der Waals surface area contributed by atoms with Crippen molar-refractivity contribution in [2.45, 2.75) is 6.92 Å². The number of nitrogens with zero attached hydrogens (tertiary/aromatic N) is 2. The van der Waals surface area contributed by atoms with Crippen LogP contribution in [-0.4, -0.2) is 25.7 Å². The Balaban J connectivity index is 2.26. The average Bonchev–Trinajstić information content (AvgIpc) is 2.85. The standard InChI is InChI=1S/C11H9N3O3S/c1-6-2-3-7(11(16)17)4-8(6)13-10(15)9-5-12-18-14-9/h2-5H,1H3,(H,13,15)(H,16,17). The van der Waals surface area contributed by atoms with E-state index < -0.39 is 11.9 Å². The predicted octanol–water partition coefficient (Wildman–Crippen LogP) is 1.80. The zero-order chi connectivity index (χ0) is 13.1. The van der Waals surface area contributed by atoms with Gasteiger partial charge in [-0.25, -0.2) is 4.79 Å². The Morgan fingerprint density at radius 3 is 2.78 bits per heavy atom. The molecule has 0 saturated carbocycles. The van der Waals surface area contributed by atoms with Crippen LogP contribution in [0.15, 0.2) is 24.4 Å². The number of carboxylic acids is 1. The number of carbonyl (C=O) groups excluding carboxylic acids is 1. The number of aryl methyl sites for hydroxylation is 1. The normalized spacial score (nSPS) is 10.1. The number of benzene rings is 1. The third-order valence-corrected chi connectivity index (χ3v) is 2.80. The summed E-state index contributed by atoms with van der Waals surface area (Å²) < 4.78 is 7.53. The largest absolute Gasteiger partial charge is 0.478 e. The molecule has 2 aromatic rings. The van der Waals surface area contributed by atoms with Gasteiger partial charge in [-0.3, -0.25) is 4.79 Å². The first-order valence-electron chi connectivity index (χ1n) is 5.01. The first-order chi connectivity index (χ1) is 8.58. The third-order valence-electron chi connectivity index (χ3n) is 2.33. The average molecular weight is 263 g/mol. The topological polar surface area (TPSA) is 92.2 Å². The fourth-order valence-electron chi connectivity index (χ4n) is 1.34.